The second kappa shape index (κ2) is 5.91. The molecule has 0 spiro atoms. The summed E-state index contributed by atoms with van der Waals surface area (Å²) in [5.41, 5.74) is 0.828. The van der Waals surface area contributed by atoms with Crippen molar-refractivity contribution >= 4 is 5.97 Å². The smallest absolute Gasteiger partial charge is 0.316 e. The maximum absolute atomic E-state index is 12.5. The molecule has 0 amide bonds. The zero-order valence-corrected chi connectivity index (χ0v) is 13.5. The Hall–Kier alpha value is -1.39. The molecule has 0 aromatic heterocycles. The number of hydrogen-bond acceptors (Lipinski definition) is 4. The van der Waals surface area contributed by atoms with Gasteiger partial charge in [-0.2, -0.15) is 0 Å². The molecule has 124 valence electrons. The van der Waals surface area contributed by atoms with Crippen LogP contribution in [0.2, 0.25) is 0 Å². The van der Waals surface area contributed by atoms with Gasteiger partial charge < -0.3 is 15.2 Å². The average molecular weight is 315 g/mol. The largest absolute Gasteiger partial charge is 0.462 e. The number of hydrogen-bond donors (Lipinski definition) is 2. The van der Waals surface area contributed by atoms with Gasteiger partial charge in [0, 0.05) is 6.04 Å². The molecule has 2 N–H and O–H groups in total. The first-order valence-electron chi connectivity index (χ1n) is 8.76. The van der Waals surface area contributed by atoms with Crippen molar-refractivity contribution in [3.63, 3.8) is 0 Å². The number of esters is 1. The van der Waals surface area contributed by atoms with Crippen LogP contribution in [0, 0.1) is 23.7 Å². The highest BCUT2D eigenvalue weighted by Gasteiger charge is 2.62. The summed E-state index contributed by atoms with van der Waals surface area (Å²) in [6, 6.07) is 10.0. The van der Waals surface area contributed by atoms with E-state index in [9.17, 15) is 9.90 Å². The van der Waals surface area contributed by atoms with E-state index in [0.717, 1.165) is 30.2 Å². The quantitative estimate of drug-likeness (QED) is 0.815. The van der Waals surface area contributed by atoms with E-state index in [-0.39, 0.29) is 18.7 Å². The minimum Gasteiger partial charge on any atom is -0.462 e. The molecule has 0 aliphatic heterocycles. The van der Waals surface area contributed by atoms with Crippen LogP contribution in [0.5, 0.6) is 0 Å². The first-order valence-corrected chi connectivity index (χ1v) is 8.76. The van der Waals surface area contributed by atoms with Gasteiger partial charge in [0.15, 0.2) is 0 Å². The third-order valence-electron chi connectivity index (χ3n) is 6.27. The molecule has 3 saturated carbocycles. The normalized spacial score (nSPS) is 38.7. The first-order chi connectivity index (χ1) is 11.2. The van der Waals surface area contributed by atoms with Crippen molar-refractivity contribution in [3.8, 4) is 0 Å². The molecule has 4 unspecified atom stereocenters. The number of carbonyl (C=O) groups excluding carboxylic acids is 1. The topological polar surface area (TPSA) is 58.6 Å². The minimum atomic E-state index is -0.564. The van der Waals surface area contributed by atoms with Gasteiger partial charge in [-0.1, -0.05) is 30.3 Å². The molecule has 0 radical (unpaired) electrons. The summed E-state index contributed by atoms with van der Waals surface area (Å²) in [5, 5.41) is 13.1. The lowest BCUT2D eigenvalue weighted by molar-refractivity contribution is -0.155. The number of fused-ring (bicyclic) bond motifs is 5. The van der Waals surface area contributed by atoms with E-state index < -0.39 is 5.92 Å². The van der Waals surface area contributed by atoms with Gasteiger partial charge in [0.25, 0.3) is 0 Å². The summed E-state index contributed by atoms with van der Waals surface area (Å²) in [5.74, 6) is 2.18. The van der Waals surface area contributed by atoms with Gasteiger partial charge in [-0.15, -0.1) is 0 Å². The van der Waals surface area contributed by atoms with Crippen molar-refractivity contribution in [2.75, 3.05) is 13.7 Å². The van der Waals surface area contributed by atoms with Gasteiger partial charge in [0.05, 0.1) is 6.61 Å². The maximum Gasteiger partial charge on any atom is 0.316 e. The molecular weight excluding hydrogens is 290 g/mol. The molecule has 2 bridgehead atoms. The van der Waals surface area contributed by atoms with Gasteiger partial charge in [-0.3, -0.25) is 4.79 Å². The lowest BCUT2D eigenvalue weighted by atomic mass is 9.78. The van der Waals surface area contributed by atoms with Gasteiger partial charge in [0.1, 0.15) is 12.0 Å². The second-order valence-electron chi connectivity index (χ2n) is 7.38. The van der Waals surface area contributed by atoms with Crippen molar-refractivity contribution < 1.29 is 14.6 Å². The van der Waals surface area contributed by atoms with Crippen molar-refractivity contribution in [1.82, 2.24) is 5.32 Å². The van der Waals surface area contributed by atoms with Crippen LogP contribution in [0.3, 0.4) is 0 Å². The Balaban J connectivity index is 1.42. The molecule has 1 aromatic carbocycles. The van der Waals surface area contributed by atoms with Crippen LogP contribution in [-0.2, 0) is 9.53 Å². The number of ether oxygens (including phenoxy) is 1. The second-order valence-corrected chi connectivity index (χ2v) is 7.38. The number of nitrogens with one attached hydrogen (secondary N) is 1. The summed E-state index contributed by atoms with van der Waals surface area (Å²) in [4.78, 5) is 12.5. The van der Waals surface area contributed by atoms with Crippen molar-refractivity contribution in [2.24, 2.45) is 23.7 Å². The molecule has 4 nitrogen and oxygen atoms in total. The fourth-order valence-electron chi connectivity index (χ4n) is 5.19. The third-order valence-corrected chi connectivity index (χ3v) is 6.27. The van der Waals surface area contributed by atoms with E-state index >= 15 is 0 Å². The van der Waals surface area contributed by atoms with E-state index in [0.29, 0.717) is 17.9 Å². The summed E-state index contributed by atoms with van der Waals surface area (Å²) >= 11 is 0. The Morgan fingerprint density at radius 1 is 1.17 bits per heavy atom. The van der Waals surface area contributed by atoms with Crippen LogP contribution < -0.4 is 5.32 Å². The lowest BCUT2D eigenvalue weighted by Crippen LogP contribution is -2.45. The molecule has 1 aromatic rings. The zero-order valence-electron chi connectivity index (χ0n) is 13.5. The van der Waals surface area contributed by atoms with E-state index in [2.05, 4.69) is 12.4 Å². The van der Waals surface area contributed by atoms with Crippen molar-refractivity contribution in [2.45, 2.75) is 37.3 Å². The van der Waals surface area contributed by atoms with E-state index in [1.54, 1.807) is 0 Å². The van der Waals surface area contributed by atoms with Crippen LogP contribution in [0.1, 0.15) is 30.7 Å². The predicted molar refractivity (Wildman–Crippen MR) is 86.8 cm³/mol. The molecule has 7 atom stereocenters. The molecule has 4 rings (SSSR count). The summed E-state index contributed by atoms with van der Waals surface area (Å²) in [6.07, 6.45) is 3.34. The number of aliphatic hydroxyl groups excluding tert-OH is 1. The van der Waals surface area contributed by atoms with E-state index in [1.165, 1.54) is 6.42 Å². The predicted octanol–water partition coefficient (Wildman–Crippen LogP) is 1.94. The molecule has 23 heavy (non-hydrogen) atoms. The van der Waals surface area contributed by atoms with Crippen LogP contribution in [-0.4, -0.2) is 36.9 Å². The third kappa shape index (κ3) is 2.58. The summed E-state index contributed by atoms with van der Waals surface area (Å²) in [6.45, 7) is -0.202. The average Bonchev–Trinajstić information content (AvgIpc) is 3.32. The van der Waals surface area contributed by atoms with Gasteiger partial charge in [-0.05, 0) is 55.5 Å². The van der Waals surface area contributed by atoms with Gasteiger partial charge >= 0.3 is 5.97 Å². The highest BCUT2D eigenvalue weighted by Crippen LogP contribution is 2.63. The van der Waals surface area contributed by atoms with Crippen LogP contribution >= 0.6 is 0 Å². The lowest BCUT2D eigenvalue weighted by Gasteiger charge is -2.37. The number of rotatable bonds is 5. The molecular formula is C19H25NO3. The standard InChI is InChI=1S/C19H25NO3/c1-20-18-15-7-12(8-16(18)14-9-13(14)15)23-19(22)17(10-21)11-5-3-2-4-6-11/h2-6,12-18,20-21H,7-10H2,1H3/t12?,13-,14+,15?,16?,17-,18?/m1/s1. The van der Waals surface area contributed by atoms with E-state index in [4.69, 9.17) is 4.74 Å². The number of carbonyl (C=O) groups is 1. The Morgan fingerprint density at radius 3 is 2.39 bits per heavy atom. The Morgan fingerprint density at radius 2 is 1.83 bits per heavy atom. The number of benzene rings is 1. The Labute approximate surface area is 137 Å². The number of aliphatic hydroxyl groups is 1. The summed E-state index contributed by atoms with van der Waals surface area (Å²) in [7, 11) is 2.05. The first kappa shape index (κ1) is 15.2. The van der Waals surface area contributed by atoms with Gasteiger partial charge in [0.2, 0.25) is 0 Å². The van der Waals surface area contributed by atoms with Crippen LogP contribution in [0.15, 0.2) is 30.3 Å². The highest BCUT2D eigenvalue weighted by molar-refractivity contribution is 5.78. The van der Waals surface area contributed by atoms with Crippen molar-refractivity contribution in [3.05, 3.63) is 35.9 Å². The molecule has 3 fully saturated rings. The van der Waals surface area contributed by atoms with E-state index in [1.807, 2.05) is 30.3 Å². The molecule has 4 heteroatoms. The Kier molecular flexibility index (Phi) is 3.90. The molecule has 0 saturated heterocycles. The molecule has 3 aliphatic rings. The van der Waals surface area contributed by atoms with Crippen LogP contribution in [0.4, 0.5) is 0 Å². The fraction of sp³-hybridized carbons (Fsp3) is 0.632. The monoisotopic (exact) mass is 315 g/mol. The minimum absolute atomic E-state index is 0.0210. The van der Waals surface area contributed by atoms with Crippen LogP contribution in [0.25, 0.3) is 0 Å². The SMILES string of the molecule is CNC1C2CC(OC(=O)[C@H](CO)c3ccccc3)CC1[C@@H]1C[C@H]21. The zero-order chi connectivity index (χ0) is 16.0. The maximum atomic E-state index is 12.5. The van der Waals surface area contributed by atoms with Crippen molar-refractivity contribution in [1.29, 1.82) is 0 Å². The fourth-order valence-corrected chi connectivity index (χ4v) is 5.19. The Bertz CT molecular complexity index is 557. The molecule has 3 aliphatic carbocycles. The highest BCUT2D eigenvalue weighted by atomic mass is 16.5. The van der Waals surface area contributed by atoms with Gasteiger partial charge in [-0.25, -0.2) is 0 Å². The summed E-state index contributed by atoms with van der Waals surface area (Å²) < 4.78 is 5.81. The molecule has 0 heterocycles.